The minimum absolute atomic E-state index is 0.0675. The molecule has 1 fully saturated rings. The van der Waals surface area contributed by atoms with Gasteiger partial charge in [-0.1, -0.05) is 0 Å². The third kappa shape index (κ3) is 2.75. The number of amides is 1. The molecule has 1 amide bonds. The van der Waals surface area contributed by atoms with Gasteiger partial charge in [-0.2, -0.15) is 0 Å². The van der Waals surface area contributed by atoms with Gasteiger partial charge in [0.1, 0.15) is 17.5 Å². The number of hydrogen-bond donors (Lipinski definition) is 0. The average Bonchev–Trinajstić information content (AvgIpc) is 2.86. The van der Waals surface area contributed by atoms with Crippen LogP contribution in [0.25, 0.3) is 0 Å². The minimum atomic E-state index is -0.544. The molecule has 2 nitrogen and oxygen atoms in total. The van der Waals surface area contributed by atoms with E-state index in [2.05, 4.69) is 15.9 Å². The van der Waals surface area contributed by atoms with Gasteiger partial charge in [-0.05, 0) is 57.9 Å². The zero-order valence-corrected chi connectivity index (χ0v) is 12.9. The van der Waals surface area contributed by atoms with Crippen LogP contribution >= 0.6 is 15.9 Å². The predicted octanol–water partition coefficient (Wildman–Crippen LogP) is 4.39. The number of carbonyl (C=O) groups is 1. The summed E-state index contributed by atoms with van der Waals surface area (Å²) in [5.41, 5.74) is 0.582. The topological polar surface area (TPSA) is 20.3 Å². The molecule has 0 N–H and O–H groups in total. The fourth-order valence-electron chi connectivity index (χ4n) is 2.65. The zero-order chi connectivity index (χ0) is 15.9. The highest BCUT2D eigenvalue weighted by molar-refractivity contribution is 9.10. The van der Waals surface area contributed by atoms with E-state index in [1.165, 1.54) is 17.0 Å². The molecule has 1 aliphatic heterocycles. The van der Waals surface area contributed by atoms with Gasteiger partial charge >= 0.3 is 0 Å². The van der Waals surface area contributed by atoms with Crippen LogP contribution in [-0.2, 0) is 4.79 Å². The van der Waals surface area contributed by atoms with Gasteiger partial charge in [-0.15, -0.1) is 0 Å². The normalized spacial score (nSPS) is 18.1. The summed E-state index contributed by atoms with van der Waals surface area (Å²) in [4.78, 5) is 13.5. The fraction of sp³-hybridized carbons (Fsp3) is 0.188. The molecule has 1 saturated heterocycles. The summed E-state index contributed by atoms with van der Waals surface area (Å²) >= 11 is 3.05. The van der Waals surface area contributed by atoms with E-state index in [9.17, 15) is 18.0 Å². The molecule has 0 bridgehead atoms. The van der Waals surface area contributed by atoms with Crippen molar-refractivity contribution in [2.45, 2.75) is 12.3 Å². The third-order valence-corrected chi connectivity index (χ3v) is 4.38. The quantitative estimate of drug-likeness (QED) is 0.768. The van der Waals surface area contributed by atoms with Crippen LogP contribution in [0.1, 0.15) is 17.9 Å². The molecule has 2 aromatic rings. The Morgan fingerprint density at radius 3 is 2.55 bits per heavy atom. The van der Waals surface area contributed by atoms with Crippen molar-refractivity contribution in [1.82, 2.24) is 0 Å². The van der Waals surface area contributed by atoms with Gasteiger partial charge in [0.25, 0.3) is 0 Å². The lowest BCUT2D eigenvalue weighted by atomic mass is 9.97. The molecule has 0 saturated carbocycles. The van der Waals surface area contributed by atoms with Gasteiger partial charge in [0.2, 0.25) is 5.91 Å². The first-order valence-electron chi connectivity index (χ1n) is 6.66. The van der Waals surface area contributed by atoms with Crippen molar-refractivity contribution in [1.29, 1.82) is 0 Å². The van der Waals surface area contributed by atoms with E-state index in [0.29, 0.717) is 10.2 Å². The highest BCUT2D eigenvalue weighted by Gasteiger charge is 2.33. The molecule has 6 heteroatoms. The lowest BCUT2D eigenvalue weighted by Crippen LogP contribution is -2.24. The molecule has 0 aromatic heterocycles. The van der Waals surface area contributed by atoms with Crippen LogP contribution in [0.5, 0.6) is 0 Å². The average molecular weight is 370 g/mol. The molecular weight excluding hydrogens is 359 g/mol. The molecule has 0 radical (unpaired) electrons. The Kier molecular flexibility index (Phi) is 3.95. The van der Waals surface area contributed by atoms with Crippen molar-refractivity contribution in [2.75, 3.05) is 11.4 Å². The van der Waals surface area contributed by atoms with Crippen LogP contribution < -0.4 is 4.90 Å². The largest absolute Gasteiger partial charge is 0.312 e. The number of hydrogen-bond acceptors (Lipinski definition) is 1. The molecule has 3 rings (SSSR count). The van der Waals surface area contributed by atoms with Crippen molar-refractivity contribution >= 4 is 27.5 Å². The molecule has 114 valence electrons. The monoisotopic (exact) mass is 369 g/mol. The Bertz CT molecular complexity index is 750. The van der Waals surface area contributed by atoms with Crippen molar-refractivity contribution < 1.29 is 18.0 Å². The number of benzene rings is 2. The van der Waals surface area contributed by atoms with Crippen molar-refractivity contribution in [3.63, 3.8) is 0 Å². The van der Waals surface area contributed by atoms with Gasteiger partial charge in [-0.25, -0.2) is 13.2 Å². The van der Waals surface area contributed by atoms with Gasteiger partial charge in [0.15, 0.2) is 0 Å². The summed E-state index contributed by atoms with van der Waals surface area (Å²) in [6.45, 7) is 0.195. The molecule has 1 heterocycles. The van der Waals surface area contributed by atoms with Gasteiger partial charge < -0.3 is 4.90 Å². The molecule has 1 unspecified atom stereocenters. The number of halogens is 4. The molecule has 0 spiro atoms. The number of anilines is 1. The van der Waals surface area contributed by atoms with E-state index >= 15 is 0 Å². The van der Waals surface area contributed by atoms with Crippen molar-refractivity contribution in [2.24, 2.45) is 0 Å². The second-order valence-corrected chi connectivity index (χ2v) is 6.02. The van der Waals surface area contributed by atoms with Crippen molar-refractivity contribution in [3.05, 3.63) is 63.9 Å². The van der Waals surface area contributed by atoms with Gasteiger partial charge in [0, 0.05) is 24.6 Å². The first kappa shape index (κ1) is 15.1. The highest BCUT2D eigenvalue weighted by Crippen LogP contribution is 2.34. The van der Waals surface area contributed by atoms with Crippen LogP contribution in [0, 0.1) is 17.5 Å². The van der Waals surface area contributed by atoms with E-state index < -0.39 is 23.4 Å². The first-order chi connectivity index (χ1) is 10.5. The molecular formula is C16H11BrF3NO. The molecule has 22 heavy (non-hydrogen) atoms. The van der Waals surface area contributed by atoms with Crippen LogP contribution in [0.3, 0.4) is 0 Å². The van der Waals surface area contributed by atoms with E-state index in [4.69, 9.17) is 0 Å². The Labute approximate surface area is 133 Å². The molecule has 2 aromatic carbocycles. The smallest absolute Gasteiger partial charge is 0.227 e. The highest BCUT2D eigenvalue weighted by atomic mass is 79.9. The zero-order valence-electron chi connectivity index (χ0n) is 11.3. The second-order valence-electron chi connectivity index (χ2n) is 5.17. The summed E-state index contributed by atoms with van der Waals surface area (Å²) in [5.74, 6) is -2.25. The predicted molar refractivity (Wildman–Crippen MR) is 80.2 cm³/mol. The van der Waals surface area contributed by atoms with Crippen molar-refractivity contribution in [3.8, 4) is 0 Å². The number of rotatable bonds is 2. The van der Waals surface area contributed by atoms with Crippen LogP contribution in [0.15, 0.2) is 40.9 Å². The van der Waals surface area contributed by atoms with Crippen LogP contribution in [0.4, 0.5) is 18.9 Å². The summed E-state index contributed by atoms with van der Waals surface area (Å²) < 4.78 is 41.0. The molecule has 0 aliphatic carbocycles. The Morgan fingerprint density at radius 1 is 1.05 bits per heavy atom. The maximum Gasteiger partial charge on any atom is 0.227 e. The Balaban J connectivity index is 1.89. The third-order valence-electron chi connectivity index (χ3n) is 3.74. The Morgan fingerprint density at radius 2 is 1.82 bits per heavy atom. The Hall–Kier alpha value is -1.82. The molecule has 1 aliphatic rings. The summed E-state index contributed by atoms with van der Waals surface area (Å²) in [7, 11) is 0. The standard InChI is InChI=1S/C16H11BrF3NO/c17-13-3-2-11(7-15(13)20)21-8-9(5-16(21)22)12-6-10(18)1-4-14(12)19/h1-4,6-7,9H,5,8H2. The van der Waals surface area contributed by atoms with E-state index in [1.807, 2.05) is 0 Å². The molecule has 1 atom stereocenters. The fourth-order valence-corrected chi connectivity index (χ4v) is 2.89. The lowest BCUT2D eigenvalue weighted by Gasteiger charge is -2.17. The summed E-state index contributed by atoms with van der Waals surface area (Å²) in [6.07, 6.45) is 0.0675. The van der Waals surface area contributed by atoms with Crippen LogP contribution in [-0.4, -0.2) is 12.5 Å². The second kappa shape index (κ2) is 5.76. The number of carbonyl (C=O) groups excluding carboxylic acids is 1. The first-order valence-corrected chi connectivity index (χ1v) is 7.45. The van der Waals surface area contributed by atoms with E-state index in [-0.39, 0.29) is 24.4 Å². The van der Waals surface area contributed by atoms with Gasteiger partial charge in [-0.3, -0.25) is 4.79 Å². The summed E-state index contributed by atoms with van der Waals surface area (Å²) in [5, 5.41) is 0. The number of nitrogens with zero attached hydrogens (tertiary/aromatic N) is 1. The maximum atomic E-state index is 13.8. The van der Waals surface area contributed by atoms with Gasteiger partial charge in [0.05, 0.1) is 4.47 Å². The van der Waals surface area contributed by atoms with E-state index in [0.717, 1.165) is 18.2 Å². The van der Waals surface area contributed by atoms with E-state index in [1.54, 1.807) is 6.07 Å². The maximum absolute atomic E-state index is 13.8. The lowest BCUT2D eigenvalue weighted by molar-refractivity contribution is -0.117. The summed E-state index contributed by atoms with van der Waals surface area (Å²) in [6, 6.07) is 7.56. The minimum Gasteiger partial charge on any atom is -0.312 e. The van der Waals surface area contributed by atoms with Crippen LogP contribution in [0.2, 0.25) is 0 Å². The SMILES string of the molecule is O=C1CC(c2cc(F)ccc2F)CN1c1ccc(Br)c(F)c1.